The van der Waals surface area contributed by atoms with Crippen molar-refractivity contribution in [3.63, 3.8) is 0 Å². The summed E-state index contributed by atoms with van der Waals surface area (Å²) in [6.45, 7) is 0. The molecule has 0 radical (unpaired) electrons. The number of carbonyl (C=O) groups is 1. The first-order chi connectivity index (χ1) is 10.6. The fraction of sp³-hybridized carbons (Fsp3) is 0. The molecule has 22 heavy (non-hydrogen) atoms. The Bertz CT molecular complexity index is 865. The standard InChI is InChI=1S/C16H12N2O4/c19-15-10-12(16(20)21)17-18(15)13-8-4-5-9-14(13)22-11-6-2-1-3-7-11/h1-10,17H,(H,20,21). The van der Waals surface area contributed by atoms with Crippen molar-refractivity contribution >= 4 is 5.97 Å². The first-order valence-corrected chi connectivity index (χ1v) is 6.53. The molecule has 3 rings (SSSR count). The quantitative estimate of drug-likeness (QED) is 0.775. The van der Waals surface area contributed by atoms with Crippen LogP contribution in [0.25, 0.3) is 5.69 Å². The van der Waals surface area contributed by atoms with Gasteiger partial charge >= 0.3 is 5.97 Å². The van der Waals surface area contributed by atoms with Crippen LogP contribution in [0.1, 0.15) is 10.5 Å². The summed E-state index contributed by atoms with van der Waals surface area (Å²) in [6.07, 6.45) is 0. The zero-order chi connectivity index (χ0) is 15.5. The Labute approximate surface area is 125 Å². The molecule has 0 atom stereocenters. The highest BCUT2D eigenvalue weighted by Crippen LogP contribution is 2.26. The SMILES string of the molecule is O=C(O)c1cc(=O)n(-c2ccccc2Oc2ccccc2)[nH]1. The number of nitrogens with one attached hydrogen (secondary N) is 1. The van der Waals surface area contributed by atoms with Crippen molar-refractivity contribution in [2.24, 2.45) is 0 Å². The lowest BCUT2D eigenvalue weighted by atomic mass is 10.3. The maximum Gasteiger partial charge on any atom is 0.353 e. The van der Waals surface area contributed by atoms with E-state index in [9.17, 15) is 9.59 Å². The minimum absolute atomic E-state index is 0.181. The van der Waals surface area contributed by atoms with Gasteiger partial charge in [0.25, 0.3) is 5.56 Å². The van der Waals surface area contributed by atoms with Crippen molar-refractivity contribution in [1.29, 1.82) is 0 Å². The van der Waals surface area contributed by atoms with Gasteiger partial charge in [0.2, 0.25) is 0 Å². The number of hydrogen-bond acceptors (Lipinski definition) is 3. The smallest absolute Gasteiger partial charge is 0.353 e. The van der Waals surface area contributed by atoms with E-state index in [0.29, 0.717) is 17.2 Å². The van der Waals surface area contributed by atoms with Crippen LogP contribution in [0.5, 0.6) is 11.5 Å². The number of benzene rings is 2. The third-order valence-corrected chi connectivity index (χ3v) is 3.03. The molecule has 110 valence electrons. The van der Waals surface area contributed by atoms with E-state index in [-0.39, 0.29) is 5.69 Å². The molecule has 0 aliphatic heterocycles. The third kappa shape index (κ3) is 2.62. The Morgan fingerprint density at radius 3 is 2.41 bits per heavy atom. The second kappa shape index (κ2) is 5.61. The van der Waals surface area contributed by atoms with Crippen LogP contribution in [-0.2, 0) is 0 Å². The van der Waals surface area contributed by atoms with Crippen molar-refractivity contribution in [1.82, 2.24) is 9.78 Å². The predicted molar refractivity (Wildman–Crippen MR) is 79.9 cm³/mol. The molecule has 1 heterocycles. The van der Waals surface area contributed by atoms with Gasteiger partial charge in [-0.2, -0.15) is 0 Å². The van der Waals surface area contributed by atoms with Crippen LogP contribution >= 0.6 is 0 Å². The zero-order valence-electron chi connectivity index (χ0n) is 11.4. The van der Waals surface area contributed by atoms with Crippen molar-refractivity contribution in [3.8, 4) is 17.2 Å². The van der Waals surface area contributed by atoms with Gasteiger partial charge in [0.15, 0.2) is 5.75 Å². The number of aromatic nitrogens is 2. The van der Waals surface area contributed by atoms with Crippen LogP contribution < -0.4 is 10.3 Å². The highest BCUT2D eigenvalue weighted by atomic mass is 16.5. The number of ether oxygens (including phenoxy) is 1. The topological polar surface area (TPSA) is 84.3 Å². The second-order valence-electron chi connectivity index (χ2n) is 4.53. The Balaban J connectivity index is 2.05. The average Bonchev–Trinajstić information content (AvgIpc) is 2.91. The monoisotopic (exact) mass is 296 g/mol. The summed E-state index contributed by atoms with van der Waals surface area (Å²) in [6, 6.07) is 17.0. The highest BCUT2D eigenvalue weighted by molar-refractivity contribution is 5.85. The summed E-state index contributed by atoms with van der Waals surface area (Å²) < 4.78 is 6.90. The number of aromatic carboxylic acids is 1. The van der Waals surface area contributed by atoms with E-state index < -0.39 is 11.5 Å². The minimum Gasteiger partial charge on any atom is -0.477 e. The van der Waals surface area contributed by atoms with E-state index in [4.69, 9.17) is 9.84 Å². The van der Waals surface area contributed by atoms with Crippen LogP contribution in [-0.4, -0.2) is 20.9 Å². The number of H-pyrrole nitrogens is 1. The summed E-state index contributed by atoms with van der Waals surface area (Å²) in [4.78, 5) is 22.9. The average molecular weight is 296 g/mol. The van der Waals surface area contributed by atoms with Crippen LogP contribution in [0.3, 0.4) is 0 Å². The number of para-hydroxylation sites is 3. The largest absolute Gasteiger partial charge is 0.477 e. The molecule has 1 aromatic heterocycles. The molecular formula is C16H12N2O4. The lowest BCUT2D eigenvalue weighted by Crippen LogP contribution is -2.14. The molecular weight excluding hydrogens is 284 g/mol. The lowest BCUT2D eigenvalue weighted by molar-refractivity contribution is 0.0690. The number of nitrogens with zero attached hydrogens (tertiary/aromatic N) is 1. The van der Waals surface area contributed by atoms with Gasteiger partial charge in [-0.3, -0.25) is 9.89 Å². The van der Waals surface area contributed by atoms with Gasteiger partial charge in [-0.25, -0.2) is 9.48 Å². The lowest BCUT2D eigenvalue weighted by Gasteiger charge is -2.11. The van der Waals surface area contributed by atoms with E-state index in [0.717, 1.165) is 10.7 Å². The van der Waals surface area contributed by atoms with Crippen LogP contribution in [0.2, 0.25) is 0 Å². The van der Waals surface area contributed by atoms with Gasteiger partial charge in [0.1, 0.15) is 17.1 Å². The molecule has 0 amide bonds. The molecule has 0 aliphatic carbocycles. The van der Waals surface area contributed by atoms with Gasteiger partial charge in [-0.05, 0) is 24.3 Å². The van der Waals surface area contributed by atoms with Crippen molar-refractivity contribution in [2.75, 3.05) is 0 Å². The summed E-state index contributed by atoms with van der Waals surface area (Å²) >= 11 is 0. The fourth-order valence-electron chi connectivity index (χ4n) is 2.03. The van der Waals surface area contributed by atoms with Crippen LogP contribution in [0.15, 0.2) is 65.5 Å². The summed E-state index contributed by atoms with van der Waals surface area (Å²) in [7, 11) is 0. The first-order valence-electron chi connectivity index (χ1n) is 6.53. The summed E-state index contributed by atoms with van der Waals surface area (Å²) in [5, 5.41) is 11.5. The van der Waals surface area contributed by atoms with Gasteiger partial charge in [0.05, 0.1) is 0 Å². The number of aromatic amines is 1. The Hall–Kier alpha value is -3.28. The predicted octanol–water partition coefficient (Wildman–Crippen LogP) is 2.66. The van der Waals surface area contributed by atoms with Gasteiger partial charge in [-0.15, -0.1) is 0 Å². The van der Waals surface area contributed by atoms with Crippen LogP contribution in [0, 0.1) is 0 Å². The molecule has 6 heteroatoms. The van der Waals surface area contributed by atoms with E-state index in [1.165, 1.54) is 0 Å². The summed E-state index contributed by atoms with van der Waals surface area (Å²) in [5.74, 6) is -0.139. The molecule has 0 unspecified atom stereocenters. The second-order valence-corrected chi connectivity index (χ2v) is 4.53. The summed E-state index contributed by atoms with van der Waals surface area (Å²) in [5.41, 5.74) is -0.218. The Morgan fingerprint density at radius 1 is 1.05 bits per heavy atom. The van der Waals surface area contributed by atoms with Gasteiger partial charge < -0.3 is 9.84 Å². The zero-order valence-corrected chi connectivity index (χ0v) is 11.4. The maximum absolute atomic E-state index is 12.0. The Kier molecular flexibility index (Phi) is 3.49. The molecule has 0 saturated carbocycles. The van der Waals surface area contributed by atoms with Crippen LogP contribution in [0.4, 0.5) is 0 Å². The van der Waals surface area contributed by atoms with E-state index in [2.05, 4.69) is 5.10 Å². The number of carboxylic acid groups (broad SMARTS) is 1. The van der Waals surface area contributed by atoms with E-state index >= 15 is 0 Å². The molecule has 6 nitrogen and oxygen atoms in total. The minimum atomic E-state index is -1.20. The van der Waals surface area contributed by atoms with Gasteiger partial charge in [-0.1, -0.05) is 30.3 Å². The molecule has 3 aromatic rings. The number of hydrogen-bond donors (Lipinski definition) is 2. The van der Waals surface area contributed by atoms with E-state index in [1.54, 1.807) is 36.4 Å². The van der Waals surface area contributed by atoms with Crippen molar-refractivity contribution in [2.45, 2.75) is 0 Å². The maximum atomic E-state index is 12.0. The normalized spacial score (nSPS) is 10.4. The molecule has 0 spiro atoms. The fourth-order valence-corrected chi connectivity index (χ4v) is 2.03. The molecule has 2 aromatic carbocycles. The molecule has 0 aliphatic rings. The van der Waals surface area contributed by atoms with Gasteiger partial charge in [0, 0.05) is 6.07 Å². The first kappa shape index (κ1) is 13.7. The third-order valence-electron chi connectivity index (χ3n) is 3.03. The number of rotatable bonds is 4. The molecule has 0 saturated heterocycles. The highest BCUT2D eigenvalue weighted by Gasteiger charge is 2.13. The molecule has 0 bridgehead atoms. The molecule has 0 fully saturated rings. The Morgan fingerprint density at radius 2 is 1.73 bits per heavy atom. The van der Waals surface area contributed by atoms with Crippen molar-refractivity contribution in [3.05, 3.63) is 76.7 Å². The molecule has 2 N–H and O–H groups in total. The van der Waals surface area contributed by atoms with Crippen molar-refractivity contribution < 1.29 is 14.6 Å². The van der Waals surface area contributed by atoms with E-state index in [1.807, 2.05) is 18.2 Å². The number of carboxylic acids is 1.